The molecule has 5 heteroatoms. The van der Waals surface area contributed by atoms with Gasteiger partial charge in [0.05, 0.1) is 5.52 Å². The van der Waals surface area contributed by atoms with E-state index in [-0.39, 0.29) is 6.03 Å². The minimum Gasteiger partial charge on any atom is -0.341 e. The third kappa shape index (κ3) is 3.13. The zero-order valence-corrected chi connectivity index (χ0v) is 13.3. The van der Waals surface area contributed by atoms with E-state index in [2.05, 4.69) is 52.6 Å². The Balaban J connectivity index is 2.23. The van der Waals surface area contributed by atoms with E-state index in [1.807, 2.05) is 12.1 Å². The fourth-order valence-electron chi connectivity index (χ4n) is 2.63. The van der Waals surface area contributed by atoms with Gasteiger partial charge in [-0.2, -0.15) is 0 Å². The minimum absolute atomic E-state index is 0.295. The number of fused-ring (bicyclic) bond motifs is 1. The lowest BCUT2D eigenvalue weighted by Gasteiger charge is -2.13. The van der Waals surface area contributed by atoms with Gasteiger partial charge in [0.15, 0.2) is 0 Å². The summed E-state index contributed by atoms with van der Waals surface area (Å²) in [5.41, 5.74) is 5.02. The molecule has 0 saturated heterocycles. The summed E-state index contributed by atoms with van der Waals surface area (Å²) in [6.45, 7) is 4.11. The first-order valence-corrected chi connectivity index (χ1v) is 7.39. The molecule has 3 aromatic rings. The molecule has 116 valence electrons. The summed E-state index contributed by atoms with van der Waals surface area (Å²) in [6.07, 6.45) is 3.47. The van der Waals surface area contributed by atoms with Crippen molar-refractivity contribution in [3.63, 3.8) is 0 Å². The van der Waals surface area contributed by atoms with Crippen LogP contribution in [0, 0.1) is 13.8 Å². The maximum atomic E-state index is 11.8. The van der Waals surface area contributed by atoms with Crippen LogP contribution >= 0.6 is 0 Å². The van der Waals surface area contributed by atoms with Gasteiger partial charge in [0, 0.05) is 30.4 Å². The molecule has 0 fully saturated rings. The molecule has 0 aliphatic rings. The predicted molar refractivity (Wildman–Crippen MR) is 92.5 cm³/mol. The van der Waals surface area contributed by atoms with Crippen molar-refractivity contribution in [3.8, 4) is 11.1 Å². The standard InChI is InChI=1S/C18H18N4O/c1-11-6-12(2)8-13(7-11)15-9-14-10-20-5-4-16(14)21-17(15)22-18(23)19-3/h4-10H,1-3H3,(H2,19,21,22,23). The van der Waals surface area contributed by atoms with E-state index >= 15 is 0 Å². The number of carbonyl (C=O) groups excluding carboxylic acids is 1. The number of pyridine rings is 2. The first-order valence-electron chi connectivity index (χ1n) is 7.39. The quantitative estimate of drug-likeness (QED) is 0.759. The zero-order valence-electron chi connectivity index (χ0n) is 13.3. The van der Waals surface area contributed by atoms with Crippen LogP contribution in [0.15, 0.2) is 42.7 Å². The molecule has 1 aromatic carbocycles. The largest absolute Gasteiger partial charge is 0.341 e. The molecule has 0 bridgehead atoms. The van der Waals surface area contributed by atoms with Gasteiger partial charge in [0.1, 0.15) is 5.82 Å². The molecular formula is C18H18N4O. The monoisotopic (exact) mass is 306 g/mol. The highest BCUT2D eigenvalue weighted by atomic mass is 16.2. The lowest BCUT2D eigenvalue weighted by Crippen LogP contribution is -2.25. The van der Waals surface area contributed by atoms with Gasteiger partial charge in [-0.1, -0.05) is 29.3 Å². The van der Waals surface area contributed by atoms with Gasteiger partial charge in [0.25, 0.3) is 0 Å². The van der Waals surface area contributed by atoms with E-state index in [9.17, 15) is 4.79 Å². The fourth-order valence-corrected chi connectivity index (χ4v) is 2.63. The second-order valence-electron chi connectivity index (χ2n) is 5.53. The van der Waals surface area contributed by atoms with Crippen molar-refractivity contribution in [3.05, 3.63) is 53.9 Å². The molecule has 0 unspecified atom stereocenters. The van der Waals surface area contributed by atoms with Gasteiger partial charge >= 0.3 is 6.03 Å². The molecule has 0 saturated carbocycles. The Bertz CT molecular complexity index is 869. The molecule has 2 aromatic heterocycles. The van der Waals surface area contributed by atoms with E-state index < -0.39 is 0 Å². The maximum Gasteiger partial charge on any atom is 0.320 e. The van der Waals surface area contributed by atoms with Gasteiger partial charge < -0.3 is 5.32 Å². The topological polar surface area (TPSA) is 66.9 Å². The highest BCUT2D eigenvalue weighted by Gasteiger charge is 2.12. The Kier molecular flexibility index (Phi) is 3.93. The van der Waals surface area contributed by atoms with Crippen LogP contribution in [-0.2, 0) is 0 Å². The Morgan fingerprint density at radius 2 is 1.83 bits per heavy atom. The van der Waals surface area contributed by atoms with Gasteiger partial charge in [-0.05, 0) is 31.5 Å². The number of amides is 2. The number of urea groups is 1. The molecular weight excluding hydrogens is 288 g/mol. The molecule has 2 heterocycles. The maximum absolute atomic E-state index is 11.8. The predicted octanol–water partition coefficient (Wildman–Crippen LogP) is 3.66. The third-order valence-electron chi connectivity index (χ3n) is 3.61. The number of aryl methyl sites for hydroxylation is 2. The average molecular weight is 306 g/mol. The smallest absolute Gasteiger partial charge is 0.320 e. The van der Waals surface area contributed by atoms with Crippen LogP contribution in [0.5, 0.6) is 0 Å². The number of hydrogen-bond acceptors (Lipinski definition) is 3. The zero-order chi connectivity index (χ0) is 16.4. The normalized spacial score (nSPS) is 10.6. The van der Waals surface area contributed by atoms with E-state index in [0.717, 1.165) is 33.2 Å². The molecule has 0 aliphatic heterocycles. The summed E-state index contributed by atoms with van der Waals surface area (Å²) in [4.78, 5) is 20.5. The minimum atomic E-state index is -0.295. The third-order valence-corrected chi connectivity index (χ3v) is 3.61. The second-order valence-corrected chi connectivity index (χ2v) is 5.53. The van der Waals surface area contributed by atoms with Crippen molar-refractivity contribution in [2.75, 3.05) is 12.4 Å². The van der Waals surface area contributed by atoms with Crippen molar-refractivity contribution in [1.82, 2.24) is 15.3 Å². The highest BCUT2D eigenvalue weighted by molar-refractivity contribution is 5.96. The summed E-state index contributed by atoms with van der Waals surface area (Å²) >= 11 is 0. The number of nitrogens with zero attached hydrogens (tertiary/aromatic N) is 2. The summed E-state index contributed by atoms with van der Waals surface area (Å²) in [5, 5.41) is 6.30. The number of aromatic nitrogens is 2. The summed E-state index contributed by atoms with van der Waals surface area (Å²) in [7, 11) is 1.58. The van der Waals surface area contributed by atoms with Gasteiger partial charge in [-0.25, -0.2) is 9.78 Å². The Labute approximate surface area is 134 Å². The number of nitrogens with one attached hydrogen (secondary N) is 2. The average Bonchev–Trinajstić information content (AvgIpc) is 2.53. The van der Waals surface area contributed by atoms with Crippen molar-refractivity contribution in [1.29, 1.82) is 0 Å². The van der Waals surface area contributed by atoms with Gasteiger partial charge in [0.2, 0.25) is 0 Å². The molecule has 0 radical (unpaired) electrons. The van der Waals surface area contributed by atoms with Crippen LogP contribution in [0.25, 0.3) is 22.0 Å². The van der Waals surface area contributed by atoms with Crippen LogP contribution in [0.4, 0.5) is 10.6 Å². The Morgan fingerprint density at radius 3 is 2.52 bits per heavy atom. The van der Waals surface area contributed by atoms with E-state index in [0.29, 0.717) is 5.82 Å². The summed E-state index contributed by atoms with van der Waals surface area (Å²) in [5.74, 6) is 0.535. The van der Waals surface area contributed by atoms with Crippen LogP contribution in [0.1, 0.15) is 11.1 Å². The highest BCUT2D eigenvalue weighted by Crippen LogP contribution is 2.31. The second kappa shape index (κ2) is 6.04. The molecule has 5 nitrogen and oxygen atoms in total. The van der Waals surface area contributed by atoms with E-state index in [4.69, 9.17) is 0 Å². The summed E-state index contributed by atoms with van der Waals surface area (Å²) in [6, 6.07) is 9.83. The Morgan fingerprint density at radius 1 is 1.09 bits per heavy atom. The van der Waals surface area contributed by atoms with Crippen molar-refractivity contribution in [2.24, 2.45) is 0 Å². The lowest BCUT2D eigenvalue weighted by atomic mass is 10.00. The lowest BCUT2D eigenvalue weighted by molar-refractivity contribution is 0.254. The molecule has 23 heavy (non-hydrogen) atoms. The van der Waals surface area contributed by atoms with Crippen molar-refractivity contribution >= 4 is 22.8 Å². The van der Waals surface area contributed by atoms with Crippen molar-refractivity contribution in [2.45, 2.75) is 13.8 Å². The first-order chi connectivity index (χ1) is 11.1. The molecule has 0 atom stereocenters. The van der Waals surface area contributed by atoms with Crippen LogP contribution in [-0.4, -0.2) is 23.0 Å². The first kappa shape index (κ1) is 15.0. The number of hydrogen-bond donors (Lipinski definition) is 2. The number of anilines is 1. The van der Waals surface area contributed by atoms with Crippen LogP contribution < -0.4 is 10.6 Å². The molecule has 0 aliphatic carbocycles. The van der Waals surface area contributed by atoms with Crippen molar-refractivity contribution < 1.29 is 4.79 Å². The molecule has 0 spiro atoms. The molecule has 3 rings (SSSR count). The molecule has 2 amide bonds. The van der Waals surface area contributed by atoms with Gasteiger partial charge in [-0.3, -0.25) is 10.3 Å². The number of rotatable bonds is 2. The van der Waals surface area contributed by atoms with E-state index in [1.54, 1.807) is 19.4 Å². The molecule has 2 N–H and O–H groups in total. The summed E-state index contributed by atoms with van der Waals surface area (Å²) < 4.78 is 0. The fraction of sp³-hybridized carbons (Fsp3) is 0.167. The van der Waals surface area contributed by atoms with Crippen LogP contribution in [0.2, 0.25) is 0 Å². The SMILES string of the molecule is CNC(=O)Nc1nc2ccncc2cc1-c1cc(C)cc(C)c1. The van der Waals surface area contributed by atoms with E-state index in [1.165, 1.54) is 0 Å². The van der Waals surface area contributed by atoms with Gasteiger partial charge in [-0.15, -0.1) is 0 Å². The number of benzene rings is 1. The van der Waals surface area contributed by atoms with Crippen LogP contribution in [0.3, 0.4) is 0 Å². The number of carbonyl (C=O) groups is 1. The Hall–Kier alpha value is -2.95.